The van der Waals surface area contributed by atoms with Gasteiger partial charge in [-0.3, -0.25) is 4.79 Å². The zero-order valence-electron chi connectivity index (χ0n) is 15.9. The Morgan fingerprint density at radius 1 is 1.07 bits per heavy atom. The average molecular weight is 391 g/mol. The fourth-order valence-electron chi connectivity index (χ4n) is 2.53. The first-order valence-corrected chi connectivity index (χ1v) is 10.4. The molecule has 0 aliphatic rings. The minimum Gasteiger partial charge on any atom is -0.497 e. The number of hydrogen-bond donors (Lipinski definition) is 2. The highest BCUT2D eigenvalue weighted by atomic mass is 32.2. The second kappa shape index (κ2) is 9.53. The Labute approximate surface area is 161 Å². The van der Waals surface area contributed by atoms with E-state index >= 15 is 0 Å². The van der Waals surface area contributed by atoms with E-state index in [1.807, 2.05) is 31.2 Å². The highest BCUT2D eigenvalue weighted by Gasteiger charge is 2.17. The van der Waals surface area contributed by atoms with Crippen LogP contribution < -0.4 is 14.8 Å². The summed E-state index contributed by atoms with van der Waals surface area (Å²) in [5.41, 5.74) is 1.70. The molecule has 6 nitrogen and oxygen atoms in total. The van der Waals surface area contributed by atoms with Crippen LogP contribution in [0.1, 0.15) is 32.3 Å². The van der Waals surface area contributed by atoms with E-state index in [-0.39, 0.29) is 16.8 Å². The van der Waals surface area contributed by atoms with Crippen LogP contribution in [0.3, 0.4) is 0 Å². The van der Waals surface area contributed by atoms with Crippen molar-refractivity contribution in [2.45, 2.75) is 44.0 Å². The van der Waals surface area contributed by atoms with Gasteiger partial charge in [0.25, 0.3) is 0 Å². The van der Waals surface area contributed by atoms with Gasteiger partial charge in [0.2, 0.25) is 15.9 Å². The van der Waals surface area contributed by atoms with Crippen LogP contribution in [0.5, 0.6) is 5.75 Å². The monoisotopic (exact) mass is 390 g/mol. The van der Waals surface area contributed by atoms with Crippen molar-refractivity contribution in [2.75, 3.05) is 12.4 Å². The van der Waals surface area contributed by atoms with E-state index in [9.17, 15) is 13.2 Å². The number of sulfonamides is 1. The number of anilines is 1. The molecular weight excluding hydrogens is 364 g/mol. The Balaban J connectivity index is 1.92. The van der Waals surface area contributed by atoms with Crippen LogP contribution >= 0.6 is 0 Å². The van der Waals surface area contributed by atoms with Gasteiger partial charge in [0.1, 0.15) is 5.75 Å². The van der Waals surface area contributed by atoms with Crippen molar-refractivity contribution in [3.63, 3.8) is 0 Å². The van der Waals surface area contributed by atoms with Crippen molar-refractivity contribution in [3.05, 3.63) is 54.1 Å². The smallest absolute Gasteiger partial charge is 0.240 e. The summed E-state index contributed by atoms with van der Waals surface area (Å²) in [5.74, 6) is 0.682. The van der Waals surface area contributed by atoms with Gasteiger partial charge in [0.05, 0.1) is 12.0 Å². The number of carbonyl (C=O) groups excluding carboxylic acids is 1. The van der Waals surface area contributed by atoms with Crippen molar-refractivity contribution < 1.29 is 17.9 Å². The van der Waals surface area contributed by atoms with Gasteiger partial charge >= 0.3 is 0 Å². The third kappa shape index (κ3) is 6.37. The normalized spacial score (nSPS) is 12.4. The predicted molar refractivity (Wildman–Crippen MR) is 106 cm³/mol. The summed E-state index contributed by atoms with van der Waals surface area (Å²) in [6.45, 7) is 3.60. The second-order valence-electron chi connectivity index (χ2n) is 6.34. The molecule has 2 rings (SSSR count). The van der Waals surface area contributed by atoms with E-state index in [1.165, 1.54) is 12.1 Å². The maximum atomic E-state index is 12.5. The van der Waals surface area contributed by atoms with Gasteiger partial charge in [0, 0.05) is 18.2 Å². The second-order valence-corrected chi connectivity index (χ2v) is 8.05. The lowest BCUT2D eigenvalue weighted by Crippen LogP contribution is -2.32. The number of carbonyl (C=O) groups is 1. The van der Waals surface area contributed by atoms with Gasteiger partial charge in [-0.1, -0.05) is 19.1 Å². The van der Waals surface area contributed by atoms with Gasteiger partial charge in [-0.15, -0.1) is 0 Å². The quantitative estimate of drug-likeness (QED) is 0.688. The third-order valence-corrected chi connectivity index (χ3v) is 5.76. The highest BCUT2D eigenvalue weighted by Crippen LogP contribution is 2.16. The molecule has 1 amide bonds. The van der Waals surface area contributed by atoms with Crippen molar-refractivity contribution in [1.29, 1.82) is 0 Å². The Hall–Kier alpha value is -2.38. The maximum Gasteiger partial charge on any atom is 0.240 e. The first-order chi connectivity index (χ1) is 12.8. The largest absolute Gasteiger partial charge is 0.497 e. The number of aryl methyl sites for hydroxylation is 1. The Bertz CT molecular complexity index is 847. The van der Waals surface area contributed by atoms with E-state index in [4.69, 9.17) is 4.74 Å². The topological polar surface area (TPSA) is 84.5 Å². The molecule has 0 aliphatic carbocycles. The number of nitrogens with one attached hydrogen (secondary N) is 2. The van der Waals surface area contributed by atoms with E-state index in [0.29, 0.717) is 18.5 Å². The Kier molecular flexibility index (Phi) is 7.38. The molecule has 0 fully saturated rings. The third-order valence-electron chi connectivity index (χ3n) is 4.15. The molecule has 0 radical (unpaired) electrons. The minimum atomic E-state index is -3.61. The van der Waals surface area contributed by atoms with Crippen LogP contribution in [0.15, 0.2) is 53.4 Å². The van der Waals surface area contributed by atoms with E-state index < -0.39 is 10.0 Å². The summed E-state index contributed by atoms with van der Waals surface area (Å²) in [7, 11) is -1.99. The molecule has 1 atom stereocenters. The minimum absolute atomic E-state index is 0.115. The van der Waals surface area contributed by atoms with Crippen molar-refractivity contribution in [1.82, 2.24) is 4.72 Å². The molecule has 146 valence electrons. The molecule has 0 saturated heterocycles. The number of rotatable bonds is 9. The molecule has 0 aromatic heterocycles. The number of ether oxygens (including phenoxy) is 1. The van der Waals surface area contributed by atoms with Crippen LogP contribution in [-0.4, -0.2) is 27.5 Å². The van der Waals surface area contributed by atoms with Gasteiger partial charge in [-0.25, -0.2) is 13.1 Å². The summed E-state index contributed by atoms with van der Waals surface area (Å²) < 4.78 is 32.9. The first kappa shape index (κ1) is 20.9. The van der Waals surface area contributed by atoms with Crippen LogP contribution in [0, 0.1) is 0 Å². The molecule has 1 unspecified atom stereocenters. The molecule has 0 saturated carbocycles. The number of hydrogen-bond acceptors (Lipinski definition) is 4. The van der Waals surface area contributed by atoms with E-state index in [0.717, 1.165) is 17.7 Å². The van der Waals surface area contributed by atoms with Gasteiger partial charge in [0.15, 0.2) is 0 Å². The Morgan fingerprint density at radius 3 is 2.26 bits per heavy atom. The molecule has 0 aliphatic heterocycles. The molecule has 0 heterocycles. The van der Waals surface area contributed by atoms with E-state index in [1.54, 1.807) is 26.2 Å². The van der Waals surface area contributed by atoms with Crippen LogP contribution in [-0.2, 0) is 21.2 Å². The number of benzene rings is 2. The summed E-state index contributed by atoms with van der Waals surface area (Å²) in [6.07, 6.45) is 1.80. The fourth-order valence-corrected chi connectivity index (χ4v) is 3.81. The molecule has 27 heavy (non-hydrogen) atoms. The predicted octanol–water partition coefficient (Wildman–Crippen LogP) is 3.34. The van der Waals surface area contributed by atoms with Gasteiger partial charge in [-0.05, 0) is 61.7 Å². The molecule has 0 bridgehead atoms. The number of amides is 1. The van der Waals surface area contributed by atoms with Crippen LogP contribution in [0.4, 0.5) is 5.69 Å². The fraction of sp³-hybridized carbons (Fsp3) is 0.350. The number of methoxy groups -OCH3 is 1. The molecule has 7 heteroatoms. The lowest BCUT2D eigenvalue weighted by molar-refractivity contribution is -0.115. The van der Waals surface area contributed by atoms with Gasteiger partial charge < -0.3 is 10.1 Å². The first-order valence-electron chi connectivity index (χ1n) is 8.89. The van der Waals surface area contributed by atoms with Crippen molar-refractivity contribution in [3.8, 4) is 5.75 Å². The van der Waals surface area contributed by atoms with E-state index in [2.05, 4.69) is 10.0 Å². The summed E-state index contributed by atoms with van der Waals surface area (Å²) in [4.78, 5) is 11.6. The highest BCUT2D eigenvalue weighted by molar-refractivity contribution is 7.89. The summed E-state index contributed by atoms with van der Waals surface area (Å²) >= 11 is 0. The maximum absolute atomic E-state index is 12.5. The zero-order chi connectivity index (χ0) is 19.9. The summed E-state index contributed by atoms with van der Waals surface area (Å²) in [5, 5.41) is 2.69. The molecule has 2 N–H and O–H groups in total. The standard InChI is InChI=1S/C20H26N2O4S/c1-4-20(23)21-17-9-13-19(14-10-17)27(24,25)22-15(2)5-6-16-7-11-18(26-3)12-8-16/h7-15,22H,4-6H2,1-3H3,(H,21,23). The summed E-state index contributed by atoms with van der Waals surface area (Å²) in [6, 6.07) is 13.7. The SMILES string of the molecule is CCC(=O)Nc1ccc(S(=O)(=O)NC(C)CCc2ccc(OC)cc2)cc1. The van der Waals surface area contributed by atoms with Crippen LogP contribution in [0.25, 0.3) is 0 Å². The zero-order valence-corrected chi connectivity index (χ0v) is 16.7. The van der Waals surface area contributed by atoms with Gasteiger partial charge in [-0.2, -0.15) is 0 Å². The lowest BCUT2D eigenvalue weighted by atomic mass is 10.1. The average Bonchev–Trinajstić information content (AvgIpc) is 2.66. The van der Waals surface area contributed by atoms with Crippen LogP contribution in [0.2, 0.25) is 0 Å². The van der Waals surface area contributed by atoms with Crippen molar-refractivity contribution in [2.24, 2.45) is 0 Å². The molecular formula is C20H26N2O4S. The molecule has 2 aromatic carbocycles. The Morgan fingerprint density at radius 2 is 1.70 bits per heavy atom. The van der Waals surface area contributed by atoms with Crippen molar-refractivity contribution >= 4 is 21.6 Å². The lowest BCUT2D eigenvalue weighted by Gasteiger charge is -2.15. The molecule has 0 spiro atoms. The molecule has 2 aromatic rings.